The molecule has 1 aliphatic heterocycles. The fourth-order valence-electron chi connectivity index (χ4n) is 4.28. The molecule has 1 fully saturated rings. The van der Waals surface area contributed by atoms with E-state index in [0.717, 1.165) is 24.8 Å². The van der Waals surface area contributed by atoms with Crippen LogP contribution in [0, 0.1) is 13.8 Å². The van der Waals surface area contributed by atoms with E-state index >= 15 is 0 Å². The van der Waals surface area contributed by atoms with Gasteiger partial charge in [-0.25, -0.2) is 9.97 Å². The highest BCUT2D eigenvalue weighted by atomic mass is 16.5. The van der Waals surface area contributed by atoms with Gasteiger partial charge < -0.3 is 15.0 Å². The molecule has 33 heavy (non-hydrogen) atoms. The van der Waals surface area contributed by atoms with Crippen LogP contribution in [0.5, 0.6) is 5.75 Å². The maximum atomic E-state index is 13.5. The van der Waals surface area contributed by atoms with Crippen LogP contribution < -0.4 is 10.1 Å². The summed E-state index contributed by atoms with van der Waals surface area (Å²) in [5, 5.41) is 2.87. The summed E-state index contributed by atoms with van der Waals surface area (Å²) in [6.07, 6.45) is 4.24. The molecule has 0 radical (unpaired) electrons. The Kier molecular flexibility index (Phi) is 6.68. The summed E-state index contributed by atoms with van der Waals surface area (Å²) in [7, 11) is 1.58. The molecular formula is C26H28N4O3. The number of carbonyl (C=O) groups is 2. The minimum Gasteiger partial charge on any atom is -0.496 e. The number of methoxy groups -OCH3 is 1. The van der Waals surface area contributed by atoms with Crippen molar-refractivity contribution in [3.8, 4) is 5.75 Å². The predicted molar refractivity (Wildman–Crippen MR) is 127 cm³/mol. The molecule has 2 heterocycles. The van der Waals surface area contributed by atoms with E-state index in [4.69, 9.17) is 4.74 Å². The summed E-state index contributed by atoms with van der Waals surface area (Å²) in [5.41, 5.74) is 3.16. The monoisotopic (exact) mass is 444 g/mol. The van der Waals surface area contributed by atoms with Crippen LogP contribution in [0.2, 0.25) is 0 Å². The van der Waals surface area contributed by atoms with E-state index in [9.17, 15) is 9.59 Å². The smallest absolute Gasteiger partial charge is 0.259 e. The van der Waals surface area contributed by atoms with Crippen LogP contribution in [0.4, 0.5) is 5.69 Å². The fraction of sp³-hybridized carbons (Fsp3) is 0.308. The minimum atomic E-state index is -0.258. The van der Waals surface area contributed by atoms with Crippen molar-refractivity contribution in [2.75, 3.05) is 19.0 Å². The number of nitrogens with one attached hydrogen (secondary N) is 1. The van der Waals surface area contributed by atoms with E-state index in [2.05, 4.69) is 15.3 Å². The number of hydrogen-bond donors (Lipinski definition) is 1. The molecule has 0 unspecified atom stereocenters. The minimum absolute atomic E-state index is 0.0904. The van der Waals surface area contributed by atoms with Crippen molar-refractivity contribution in [2.24, 2.45) is 0 Å². The Bertz CT molecular complexity index is 1160. The van der Waals surface area contributed by atoms with Crippen molar-refractivity contribution in [1.29, 1.82) is 0 Å². The second kappa shape index (κ2) is 9.81. The third-order valence-corrected chi connectivity index (χ3v) is 5.98. The molecule has 2 aromatic carbocycles. The summed E-state index contributed by atoms with van der Waals surface area (Å²) < 4.78 is 5.52. The first kappa shape index (κ1) is 22.5. The Hall–Kier alpha value is -3.74. The van der Waals surface area contributed by atoms with Crippen LogP contribution >= 0.6 is 0 Å². The van der Waals surface area contributed by atoms with Crippen molar-refractivity contribution in [2.45, 2.75) is 39.2 Å². The van der Waals surface area contributed by atoms with Gasteiger partial charge in [-0.2, -0.15) is 0 Å². The third kappa shape index (κ3) is 4.72. The Morgan fingerprint density at radius 2 is 1.82 bits per heavy atom. The van der Waals surface area contributed by atoms with Crippen molar-refractivity contribution in [3.05, 3.63) is 82.9 Å². The number of amides is 2. The maximum absolute atomic E-state index is 13.5. The first-order valence-electron chi connectivity index (χ1n) is 11.1. The molecule has 4 rings (SSSR count). The first-order chi connectivity index (χ1) is 16.0. The quantitative estimate of drug-likeness (QED) is 0.615. The van der Waals surface area contributed by atoms with Crippen LogP contribution in [0.1, 0.15) is 63.1 Å². The highest BCUT2D eigenvalue weighted by Crippen LogP contribution is 2.33. The van der Waals surface area contributed by atoms with Gasteiger partial charge in [-0.1, -0.05) is 30.3 Å². The Morgan fingerprint density at radius 3 is 2.55 bits per heavy atom. The van der Waals surface area contributed by atoms with Crippen LogP contribution in [-0.4, -0.2) is 40.3 Å². The van der Waals surface area contributed by atoms with E-state index in [1.54, 1.807) is 26.3 Å². The number of rotatable bonds is 5. The average Bonchev–Trinajstić information content (AvgIpc) is 2.84. The Morgan fingerprint density at radius 1 is 1.03 bits per heavy atom. The van der Waals surface area contributed by atoms with Crippen molar-refractivity contribution in [3.63, 3.8) is 0 Å². The average molecular weight is 445 g/mol. The van der Waals surface area contributed by atoms with Gasteiger partial charge in [0, 0.05) is 18.4 Å². The van der Waals surface area contributed by atoms with Gasteiger partial charge in [-0.15, -0.1) is 0 Å². The van der Waals surface area contributed by atoms with Gasteiger partial charge >= 0.3 is 0 Å². The van der Waals surface area contributed by atoms with Gasteiger partial charge in [0.25, 0.3) is 11.8 Å². The zero-order valence-electron chi connectivity index (χ0n) is 19.2. The number of hydrogen-bond acceptors (Lipinski definition) is 5. The van der Waals surface area contributed by atoms with Gasteiger partial charge in [0.15, 0.2) is 5.82 Å². The Labute approximate surface area is 193 Å². The van der Waals surface area contributed by atoms with Gasteiger partial charge in [0.1, 0.15) is 5.75 Å². The summed E-state index contributed by atoms with van der Waals surface area (Å²) in [6.45, 7) is 4.35. The summed E-state index contributed by atoms with van der Waals surface area (Å²) in [4.78, 5) is 37.2. The maximum Gasteiger partial charge on any atom is 0.259 e. The second-order valence-corrected chi connectivity index (χ2v) is 8.21. The third-order valence-electron chi connectivity index (χ3n) is 5.98. The molecular weight excluding hydrogens is 416 g/mol. The molecule has 0 saturated carbocycles. The number of aryl methyl sites for hydroxylation is 2. The lowest BCUT2D eigenvalue weighted by Gasteiger charge is -2.35. The largest absolute Gasteiger partial charge is 0.496 e. The number of benzene rings is 2. The molecule has 0 spiro atoms. The highest BCUT2D eigenvalue weighted by molar-refractivity contribution is 6.04. The van der Waals surface area contributed by atoms with Crippen molar-refractivity contribution in [1.82, 2.24) is 14.9 Å². The van der Waals surface area contributed by atoms with E-state index in [1.165, 1.54) is 0 Å². The normalized spacial score (nSPS) is 15.7. The number of anilines is 1. The lowest BCUT2D eigenvalue weighted by molar-refractivity contribution is 0.0595. The molecule has 1 N–H and O–H groups in total. The topological polar surface area (TPSA) is 84.4 Å². The lowest BCUT2D eigenvalue weighted by Crippen LogP contribution is -2.39. The number of piperidine rings is 1. The molecule has 2 amide bonds. The molecule has 3 aromatic rings. The molecule has 1 aromatic heterocycles. The predicted octanol–water partition coefficient (Wildman–Crippen LogP) is 4.72. The molecule has 170 valence electrons. The van der Waals surface area contributed by atoms with Crippen LogP contribution in [-0.2, 0) is 0 Å². The summed E-state index contributed by atoms with van der Waals surface area (Å²) in [5.74, 6) is 0.805. The SMILES string of the molecule is COc1c(C)cccc1C(=O)N1CCCC[C@@H]1c1ncc(C(=O)Nc2ccccc2)c(C)n1. The van der Waals surface area contributed by atoms with Crippen LogP contribution in [0.3, 0.4) is 0 Å². The van der Waals surface area contributed by atoms with Gasteiger partial charge in [0.2, 0.25) is 0 Å². The molecule has 1 aliphatic rings. The number of para-hydroxylation sites is 2. The highest BCUT2D eigenvalue weighted by Gasteiger charge is 2.32. The summed E-state index contributed by atoms with van der Waals surface area (Å²) >= 11 is 0. The van der Waals surface area contributed by atoms with Crippen molar-refractivity contribution < 1.29 is 14.3 Å². The molecule has 0 aliphatic carbocycles. The molecule has 7 heteroatoms. The lowest BCUT2D eigenvalue weighted by atomic mass is 9.99. The first-order valence-corrected chi connectivity index (χ1v) is 11.1. The van der Waals surface area contributed by atoms with Crippen LogP contribution in [0.15, 0.2) is 54.7 Å². The zero-order valence-corrected chi connectivity index (χ0v) is 19.2. The van der Waals surface area contributed by atoms with E-state index in [-0.39, 0.29) is 17.9 Å². The van der Waals surface area contributed by atoms with Crippen molar-refractivity contribution >= 4 is 17.5 Å². The number of ether oxygens (including phenoxy) is 1. The van der Waals surface area contributed by atoms with E-state index in [1.807, 2.05) is 54.3 Å². The number of carbonyl (C=O) groups excluding carboxylic acids is 2. The number of aromatic nitrogens is 2. The molecule has 0 bridgehead atoms. The number of likely N-dealkylation sites (tertiary alicyclic amines) is 1. The number of nitrogens with zero attached hydrogens (tertiary/aromatic N) is 3. The van der Waals surface area contributed by atoms with Gasteiger partial charge in [0.05, 0.1) is 30.0 Å². The van der Waals surface area contributed by atoms with E-state index in [0.29, 0.717) is 40.6 Å². The molecule has 7 nitrogen and oxygen atoms in total. The second-order valence-electron chi connectivity index (χ2n) is 8.21. The van der Waals surface area contributed by atoms with E-state index < -0.39 is 0 Å². The standard InChI is InChI=1S/C26H28N4O3/c1-17-10-9-13-20(23(17)33-3)26(32)30-15-8-7-14-22(30)24-27-16-21(18(2)28-24)25(31)29-19-11-5-4-6-12-19/h4-6,9-13,16,22H,7-8,14-15H2,1-3H3,(H,29,31)/t22-/m1/s1. The van der Waals surface area contributed by atoms with Crippen LogP contribution in [0.25, 0.3) is 0 Å². The zero-order chi connectivity index (χ0) is 23.4. The Balaban J connectivity index is 1.59. The van der Waals surface area contributed by atoms with Gasteiger partial charge in [-0.05, 0) is 56.9 Å². The fourth-order valence-corrected chi connectivity index (χ4v) is 4.28. The molecule has 1 saturated heterocycles. The summed E-state index contributed by atoms with van der Waals surface area (Å²) in [6, 6.07) is 14.6. The van der Waals surface area contributed by atoms with Gasteiger partial charge in [-0.3, -0.25) is 9.59 Å². The molecule has 1 atom stereocenters.